The summed E-state index contributed by atoms with van der Waals surface area (Å²) in [6.07, 6.45) is 2.79. The summed E-state index contributed by atoms with van der Waals surface area (Å²) < 4.78 is 20.9. The Kier molecular flexibility index (Phi) is 6.36. The molecule has 0 radical (unpaired) electrons. The van der Waals surface area contributed by atoms with E-state index in [0.717, 1.165) is 6.20 Å². The highest BCUT2D eigenvalue weighted by Gasteiger charge is 2.11. The maximum Gasteiger partial charge on any atom is 0.256 e. The first-order valence-corrected chi connectivity index (χ1v) is 10.1. The number of anilines is 5. The normalized spacial score (nSPS) is 10.5. The van der Waals surface area contributed by atoms with Gasteiger partial charge in [-0.2, -0.15) is 10.1 Å². The SMILES string of the molecule is COc1ccc(Nc2nc(Nc3ccc(C(=O)Nc4ccn(C)n4)cc3)ncc2F)cc1Cl. The van der Waals surface area contributed by atoms with Gasteiger partial charge in [-0.05, 0) is 42.5 Å². The lowest BCUT2D eigenvalue weighted by molar-refractivity contribution is 0.102. The van der Waals surface area contributed by atoms with Crippen molar-refractivity contribution in [1.82, 2.24) is 19.7 Å². The Morgan fingerprint density at radius 2 is 1.85 bits per heavy atom. The molecule has 4 rings (SSSR count). The first-order chi connectivity index (χ1) is 15.9. The quantitative estimate of drug-likeness (QED) is 0.360. The molecule has 0 aliphatic carbocycles. The molecule has 0 saturated carbocycles. The molecule has 33 heavy (non-hydrogen) atoms. The number of benzene rings is 2. The number of carbonyl (C=O) groups is 1. The topological polar surface area (TPSA) is 106 Å². The second-order valence-corrected chi connectivity index (χ2v) is 7.30. The predicted octanol–water partition coefficient (Wildman–Crippen LogP) is 4.75. The maximum atomic E-state index is 14.2. The number of hydrogen-bond donors (Lipinski definition) is 3. The highest BCUT2D eigenvalue weighted by atomic mass is 35.5. The molecule has 0 aliphatic heterocycles. The van der Waals surface area contributed by atoms with Crippen molar-refractivity contribution in [3.63, 3.8) is 0 Å². The number of rotatable bonds is 7. The molecule has 0 saturated heterocycles. The van der Waals surface area contributed by atoms with Crippen LogP contribution in [0.15, 0.2) is 60.9 Å². The molecule has 2 aromatic carbocycles. The number of carbonyl (C=O) groups excluding carboxylic acids is 1. The average molecular weight is 468 g/mol. The van der Waals surface area contributed by atoms with E-state index in [1.54, 1.807) is 66.5 Å². The molecule has 2 heterocycles. The number of methoxy groups -OCH3 is 1. The van der Waals surface area contributed by atoms with Crippen LogP contribution in [0.25, 0.3) is 0 Å². The van der Waals surface area contributed by atoms with Crippen LogP contribution >= 0.6 is 11.6 Å². The van der Waals surface area contributed by atoms with E-state index in [1.807, 2.05) is 0 Å². The van der Waals surface area contributed by atoms with Crippen molar-refractivity contribution in [3.8, 4) is 5.75 Å². The van der Waals surface area contributed by atoms with Crippen LogP contribution in [0.5, 0.6) is 5.75 Å². The van der Waals surface area contributed by atoms with Crippen LogP contribution in [0.2, 0.25) is 5.02 Å². The number of halogens is 2. The third-order valence-electron chi connectivity index (χ3n) is 4.52. The van der Waals surface area contributed by atoms with Crippen molar-refractivity contribution in [3.05, 3.63) is 77.3 Å². The molecule has 9 nitrogen and oxygen atoms in total. The highest BCUT2D eigenvalue weighted by Crippen LogP contribution is 2.29. The molecular formula is C22H19ClFN7O2. The summed E-state index contributed by atoms with van der Waals surface area (Å²) in [7, 11) is 3.27. The summed E-state index contributed by atoms with van der Waals surface area (Å²) in [5.41, 5.74) is 1.60. The zero-order chi connectivity index (χ0) is 23.4. The van der Waals surface area contributed by atoms with Gasteiger partial charge in [-0.25, -0.2) is 9.37 Å². The first kappa shape index (κ1) is 22.0. The number of amides is 1. The third kappa shape index (κ3) is 5.36. The molecule has 3 N–H and O–H groups in total. The molecule has 168 valence electrons. The van der Waals surface area contributed by atoms with Gasteiger partial charge in [0.15, 0.2) is 17.5 Å². The Balaban J connectivity index is 1.44. The highest BCUT2D eigenvalue weighted by molar-refractivity contribution is 6.32. The van der Waals surface area contributed by atoms with Crippen LogP contribution in [-0.4, -0.2) is 32.8 Å². The number of aromatic nitrogens is 4. The van der Waals surface area contributed by atoms with Gasteiger partial charge in [0.2, 0.25) is 5.95 Å². The van der Waals surface area contributed by atoms with Crippen molar-refractivity contribution in [1.29, 1.82) is 0 Å². The number of ether oxygens (including phenoxy) is 1. The van der Waals surface area contributed by atoms with Crippen LogP contribution in [-0.2, 0) is 7.05 Å². The van der Waals surface area contributed by atoms with Gasteiger partial charge < -0.3 is 20.7 Å². The molecule has 0 aliphatic rings. The fourth-order valence-corrected chi connectivity index (χ4v) is 3.16. The zero-order valence-corrected chi connectivity index (χ0v) is 18.4. The van der Waals surface area contributed by atoms with Gasteiger partial charge in [0.25, 0.3) is 5.91 Å². The van der Waals surface area contributed by atoms with Crippen LogP contribution < -0.4 is 20.7 Å². The summed E-state index contributed by atoms with van der Waals surface area (Å²) in [4.78, 5) is 20.5. The van der Waals surface area contributed by atoms with Crippen molar-refractivity contribution < 1.29 is 13.9 Å². The van der Waals surface area contributed by atoms with Gasteiger partial charge in [0, 0.05) is 36.2 Å². The molecule has 0 unspecified atom stereocenters. The molecule has 0 bridgehead atoms. The summed E-state index contributed by atoms with van der Waals surface area (Å²) in [5, 5.41) is 13.1. The minimum Gasteiger partial charge on any atom is -0.495 e. The standard InChI is InChI=1S/C22H19ClFN7O2/c1-31-10-9-19(30-31)28-21(32)13-3-5-14(6-4-13)27-22-25-12-17(24)20(29-22)26-15-7-8-18(33-2)16(23)11-15/h3-12H,1-2H3,(H,28,30,32)(H2,25,26,27,29). The lowest BCUT2D eigenvalue weighted by Crippen LogP contribution is -2.12. The number of hydrogen-bond acceptors (Lipinski definition) is 7. The van der Waals surface area contributed by atoms with Gasteiger partial charge in [0.1, 0.15) is 5.75 Å². The van der Waals surface area contributed by atoms with Gasteiger partial charge in [-0.3, -0.25) is 9.48 Å². The molecule has 11 heteroatoms. The van der Waals surface area contributed by atoms with Crippen LogP contribution in [0.3, 0.4) is 0 Å². The first-order valence-electron chi connectivity index (χ1n) is 9.72. The molecule has 0 atom stereocenters. The Hall–Kier alpha value is -4.18. The van der Waals surface area contributed by atoms with Crippen molar-refractivity contribution in [2.75, 3.05) is 23.1 Å². The van der Waals surface area contributed by atoms with Gasteiger partial charge in [0.05, 0.1) is 18.3 Å². The minimum absolute atomic E-state index is 0.0277. The van der Waals surface area contributed by atoms with Crippen molar-refractivity contribution in [2.45, 2.75) is 0 Å². The molecule has 4 aromatic rings. The summed E-state index contributed by atoms with van der Waals surface area (Å²) >= 11 is 6.12. The number of aryl methyl sites for hydroxylation is 1. The molecule has 2 aromatic heterocycles. The van der Waals surface area contributed by atoms with E-state index in [-0.39, 0.29) is 17.7 Å². The lowest BCUT2D eigenvalue weighted by atomic mass is 10.2. The van der Waals surface area contributed by atoms with E-state index >= 15 is 0 Å². The molecular weight excluding hydrogens is 449 g/mol. The van der Waals surface area contributed by atoms with Crippen molar-refractivity contribution in [2.24, 2.45) is 7.05 Å². The Morgan fingerprint density at radius 3 is 2.52 bits per heavy atom. The second-order valence-electron chi connectivity index (χ2n) is 6.90. The van der Waals surface area contributed by atoms with Crippen LogP contribution in [0.4, 0.5) is 33.3 Å². The predicted molar refractivity (Wildman–Crippen MR) is 124 cm³/mol. The van der Waals surface area contributed by atoms with E-state index in [1.165, 1.54) is 7.11 Å². The Morgan fingerprint density at radius 1 is 1.09 bits per heavy atom. The molecule has 0 spiro atoms. The summed E-state index contributed by atoms with van der Waals surface area (Å²) in [6.45, 7) is 0. The van der Waals surface area contributed by atoms with E-state index in [2.05, 4.69) is 31.0 Å². The van der Waals surface area contributed by atoms with E-state index in [4.69, 9.17) is 16.3 Å². The van der Waals surface area contributed by atoms with E-state index in [0.29, 0.717) is 33.5 Å². The average Bonchev–Trinajstić information content (AvgIpc) is 3.21. The minimum atomic E-state index is -0.631. The monoisotopic (exact) mass is 467 g/mol. The fourth-order valence-electron chi connectivity index (χ4n) is 2.90. The smallest absolute Gasteiger partial charge is 0.256 e. The van der Waals surface area contributed by atoms with Crippen LogP contribution in [0, 0.1) is 5.82 Å². The van der Waals surface area contributed by atoms with Crippen LogP contribution in [0.1, 0.15) is 10.4 Å². The van der Waals surface area contributed by atoms with Crippen molar-refractivity contribution >= 4 is 46.5 Å². The molecule has 1 amide bonds. The van der Waals surface area contributed by atoms with Gasteiger partial charge >= 0.3 is 0 Å². The van der Waals surface area contributed by atoms with Gasteiger partial charge in [-0.15, -0.1) is 0 Å². The lowest BCUT2D eigenvalue weighted by Gasteiger charge is -2.11. The second kappa shape index (κ2) is 9.53. The van der Waals surface area contributed by atoms with Gasteiger partial charge in [-0.1, -0.05) is 11.6 Å². The number of nitrogens with zero attached hydrogens (tertiary/aromatic N) is 4. The third-order valence-corrected chi connectivity index (χ3v) is 4.81. The molecule has 0 fully saturated rings. The number of nitrogens with one attached hydrogen (secondary N) is 3. The fraction of sp³-hybridized carbons (Fsp3) is 0.0909. The summed E-state index contributed by atoms with van der Waals surface area (Å²) in [6, 6.07) is 13.3. The maximum absolute atomic E-state index is 14.2. The zero-order valence-electron chi connectivity index (χ0n) is 17.6. The Bertz CT molecular complexity index is 1290. The largest absolute Gasteiger partial charge is 0.495 e. The van der Waals surface area contributed by atoms with E-state index in [9.17, 15) is 9.18 Å². The van der Waals surface area contributed by atoms with E-state index < -0.39 is 5.82 Å². The Labute approximate surface area is 193 Å². The summed E-state index contributed by atoms with van der Waals surface area (Å²) in [5.74, 6) is 0.189.